The number of nitrogens with one attached hydrogen (secondary N) is 1. The predicted octanol–water partition coefficient (Wildman–Crippen LogP) is 1.39. The van der Waals surface area contributed by atoms with E-state index in [4.69, 9.17) is 5.73 Å². The number of rotatable bonds is 6. The predicted molar refractivity (Wildman–Crippen MR) is 89.7 cm³/mol. The summed E-state index contributed by atoms with van der Waals surface area (Å²) in [4.78, 5) is 8.38. The molecule has 116 valence electrons. The van der Waals surface area contributed by atoms with Crippen molar-refractivity contribution in [1.82, 2.24) is 9.97 Å². The van der Waals surface area contributed by atoms with Gasteiger partial charge in [0.1, 0.15) is 5.82 Å². The molecule has 0 aliphatic heterocycles. The van der Waals surface area contributed by atoms with E-state index in [2.05, 4.69) is 22.2 Å². The van der Waals surface area contributed by atoms with Gasteiger partial charge in [0.05, 0.1) is 24.8 Å². The number of fused-ring (bicyclic) bond motifs is 1. The Morgan fingerprint density at radius 3 is 2.67 bits per heavy atom. The number of nitrogens with zero attached hydrogens (tertiary/aromatic N) is 2. The van der Waals surface area contributed by atoms with Gasteiger partial charge < -0.3 is 21.3 Å². The fourth-order valence-corrected chi connectivity index (χ4v) is 2.15. The highest BCUT2D eigenvalue weighted by molar-refractivity contribution is 7.59. The SMILES string of the molecule is CCC[C@@H](CO)Nc1nc(N)nc2ccc(CO)cc12.S. The van der Waals surface area contributed by atoms with Crippen molar-refractivity contribution in [3.05, 3.63) is 23.8 Å². The molecule has 2 aromatic rings. The van der Waals surface area contributed by atoms with Crippen molar-refractivity contribution in [1.29, 1.82) is 0 Å². The van der Waals surface area contributed by atoms with Gasteiger partial charge in [-0.1, -0.05) is 19.4 Å². The van der Waals surface area contributed by atoms with Gasteiger partial charge in [-0.3, -0.25) is 0 Å². The number of benzene rings is 1. The third-order valence-electron chi connectivity index (χ3n) is 3.16. The largest absolute Gasteiger partial charge is 0.394 e. The van der Waals surface area contributed by atoms with Gasteiger partial charge >= 0.3 is 0 Å². The number of hydrogen-bond donors (Lipinski definition) is 4. The lowest BCUT2D eigenvalue weighted by Crippen LogP contribution is -2.24. The van der Waals surface area contributed by atoms with Crippen LogP contribution in [-0.2, 0) is 6.61 Å². The van der Waals surface area contributed by atoms with Crippen molar-refractivity contribution >= 4 is 36.2 Å². The van der Waals surface area contributed by atoms with E-state index in [1.165, 1.54) is 0 Å². The molecule has 1 aromatic heterocycles. The van der Waals surface area contributed by atoms with Crippen LogP contribution < -0.4 is 11.1 Å². The van der Waals surface area contributed by atoms with E-state index in [-0.39, 0.29) is 38.7 Å². The summed E-state index contributed by atoms with van der Waals surface area (Å²) in [7, 11) is 0. The van der Waals surface area contributed by atoms with Crippen LogP contribution in [0.25, 0.3) is 10.9 Å². The van der Waals surface area contributed by atoms with Crippen molar-refractivity contribution < 1.29 is 10.2 Å². The second-order valence-corrected chi connectivity index (χ2v) is 4.75. The molecule has 0 spiro atoms. The molecule has 0 saturated heterocycles. The molecular weight excluding hydrogens is 288 g/mol. The Morgan fingerprint density at radius 2 is 2.05 bits per heavy atom. The van der Waals surface area contributed by atoms with Crippen LogP contribution in [0.15, 0.2) is 18.2 Å². The second-order valence-electron chi connectivity index (χ2n) is 4.75. The van der Waals surface area contributed by atoms with Crippen LogP contribution in [0.3, 0.4) is 0 Å². The number of nitrogens with two attached hydrogens (primary N) is 1. The third-order valence-corrected chi connectivity index (χ3v) is 3.16. The Hall–Kier alpha value is -1.57. The van der Waals surface area contributed by atoms with Gasteiger partial charge in [0.25, 0.3) is 0 Å². The van der Waals surface area contributed by atoms with E-state index in [1.54, 1.807) is 12.1 Å². The van der Waals surface area contributed by atoms with Crippen LogP contribution >= 0.6 is 13.5 Å². The van der Waals surface area contributed by atoms with Gasteiger partial charge in [0.15, 0.2) is 0 Å². The minimum Gasteiger partial charge on any atom is -0.394 e. The molecule has 1 atom stereocenters. The number of aliphatic hydroxyl groups excluding tert-OH is 2. The molecule has 0 aliphatic carbocycles. The number of aromatic nitrogens is 2. The maximum atomic E-state index is 9.38. The van der Waals surface area contributed by atoms with E-state index in [0.717, 1.165) is 23.8 Å². The zero-order valence-corrected chi connectivity index (χ0v) is 13.0. The lowest BCUT2D eigenvalue weighted by molar-refractivity contribution is 0.268. The van der Waals surface area contributed by atoms with Gasteiger partial charge in [-0.15, -0.1) is 0 Å². The minimum atomic E-state index is -0.0738. The van der Waals surface area contributed by atoms with Crippen LogP contribution in [0, 0.1) is 0 Å². The number of nitrogen functional groups attached to an aromatic ring is 1. The zero-order chi connectivity index (χ0) is 14.5. The second kappa shape index (κ2) is 8.02. The van der Waals surface area contributed by atoms with E-state index in [9.17, 15) is 10.2 Å². The molecule has 0 saturated carbocycles. The first-order valence-electron chi connectivity index (χ1n) is 6.72. The first kappa shape index (κ1) is 17.5. The molecule has 1 aromatic carbocycles. The lowest BCUT2D eigenvalue weighted by atomic mass is 10.1. The van der Waals surface area contributed by atoms with E-state index in [1.807, 2.05) is 6.07 Å². The summed E-state index contributed by atoms with van der Waals surface area (Å²) in [6.45, 7) is 2.04. The third kappa shape index (κ3) is 4.20. The molecule has 2 rings (SSSR count). The van der Waals surface area contributed by atoms with Gasteiger partial charge in [0.2, 0.25) is 5.95 Å². The average molecular weight is 310 g/mol. The number of aliphatic hydroxyl groups is 2. The first-order chi connectivity index (χ1) is 9.67. The molecule has 0 radical (unpaired) electrons. The average Bonchev–Trinajstić information content (AvgIpc) is 2.46. The minimum absolute atomic E-state index is 0. The summed E-state index contributed by atoms with van der Waals surface area (Å²) in [6.07, 6.45) is 1.79. The molecule has 7 heteroatoms. The monoisotopic (exact) mass is 310 g/mol. The van der Waals surface area contributed by atoms with Crippen LogP contribution in [-0.4, -0.2) is 32.8 Å². The first-order valence-corrected chi connectivity index (χ1v) is 6.72. The smallest absolute Gasteiger partial charge is 0.222 e. The maximum Gasteiger partial charge on any atom is 0.222 e. The number of anilines is 2. The highest BCUT2D eigenvalue weighted by atomic mass is 32.1. The molecule has 1 heterocycles. The molecule has 21 heavy (non-hydrogen) atoms. The molecule has 0 aliphatic rings. The highest BCUT2D eigenvalue weighted by Gasteiger charge is 2.12. The summed E-state index contributed by atoms with van der Waals surface area (Å²) in [6, 6.07) is 5.36. The van der Waals surface area contributed by atoms with Crippen LogP contribution in [0.1, 0.15) is 25.3 Å². The highest BCUT2D eigenvalue weighted by Crippen LogP contribution is 2.23. The summed E-state index contributed by atoms with van der Waals surface area (Å²) in [5, 5.41) is 22.6. The van der Waals surface area contributed by atoms with Crippen molar-refractivity contribution in [3.8, 4) is 0 Å². The van der Waals surface area contributed by atoms with Crippen LogP contribution in [0.4, 0.5) is 11.8 Å². The Kier molecular flexibility index (Phi) is 6.67. The Morgan fingerprint density at radius 1 is 1.29 bits per heavy atom. The van der Waals surface area contributed by atoms with Crippen molar-refractivity contribution in [3.63, 3.8) is 0 Å². The van der Waals surface area contributed by atoms with E-state index >= 15 is 0 Å². The zero-order valence-electron chi connectivity index (χ0n) is 12.0. The Bertz CT molecular complexity index is 594. The van der Waals surface area contributed by atoms with Gasteiger partial charge in [-0.05, 0) is 24.1 Å². The molecule has 5 N–H and O–H groups in total. The fraction of sp³-hybridized carbons (Fsp3) is 0.429. The molecule has 6 nitrogen and oxygen atoms in total. The van der Waals surface area contributed by atoms with Gasteiger partial charge in [-0.2, -0.15) is 18.5 Å². The summed E-state index contributed by atoms with van der Waals surface area (Å²) < 4.78 is 0. The molecule has 0 amide bonds. The number of hydrogen-bond acceptors (Lipinski definition) is 6. The maximum absolute atomic E-state index is 9.38. The normalized spacial score (nSPS) is 12.0. The Balaban J connectivity index is 0.00000220. The topological polar surface area (TPSA) is 104 Å². The van der Waals surface area contributed by atoms with Crippen molar-refractivity contribution in [2.24, 2.45) is 0 Å². The van der Waals surface area contributed by atoms with E-state index in [0.29, 0.717) is 11.3 Å². The van der Waals surface area contributed by atoms with Crippen molar-refractivity contribution in [2.75, 3.05) is 17.7 Å². The van der Waals surface area contributed by atoms with Crippen molar-refractivity contribution in [2.45, 2.75) is 32.4 Å². The summed E-state index contributed by atoms with van der Waals surface area (Å²) >= 11 is 0. The molecule has 0 bridgehead atoms. The Labute approximate surface area is 130 Å². The fourth-order valence-electron chi connectivity index (χ4n) is 2.15. The lowest BCUT2D eigenvalue weighted by Gasteiger charge is -2.17. The van der Waals surface area contributed by atoms with Crippen LogP contribution in [0.5, 0.6) is 0 Å². The molecule has 0 unspecified atom stereocenters. The summed E-state index contributed by atoms with van der Waals surface area (Å²) in [5.74, 6) is 0.778. The molecular formula is C14H22N4O2S. The van der Waals surface area contributed by atoms with Gasteiger partial charge in [0, 0.05) is 5.39 Å². The molecule has 0 fully saturated rings. The quantitative estimate of drug-likeness (QED) is 0.643. The van der Waals surface area contributed by atoms with Crippen LogP contribution in [0.2, 0.25) is 0 Å². The van der Waals surface area contributed by atoms with E-state index < -0.39 is 0 Å². The standard InChI is InChI=1S/C14H20N4O2.H2S/c1-2-3-10(8-20)16-13-11-6-9(7-19)4-5-12(11)17-14(15)18-13;/h4-6,10,19-20H,2-3,7-8H2,1H3,(H3,15,16,17,18);1H2/t10-;/m0./s1. The van der Waals surface area contributed by atoms with Gasteiger partial charge in [-0.25, -0.2) is 4.98 Å². The summed E-state index contributed by atoms with van der Waals surface area (Å²) in [5.41, 5.74) is 7.21.